The number of rotatable bonds is 19. The van der Waals surface area contributed by atoms with Crippen molar-refractivity contribution < 1.29 is 67.5 Å². The van der Waals surface area contributed by atoms with Crippen molar-refractivity contribution in [1.29, 1.82) is 0 Å². The van der Waals surface area contributed by atoms with E-state index in [1.165, 1.54) is 74.3 Å². The number of carbonyl (C=O) groups is 6. The van der Waals surface area contributed by atoms with E-state index in [9.17, 15) is 38.7 Å². The number of esters is 3. The number of likely N-dealkylation sites (tertiary alicyclic amines) is 3. The molecule has 115 heavy (non-hydrogen) atoms. The Morgan fingerprint density at radius 2 is 0.765 bits per heavy atom. The average molecular weight is 1620 g/mol. The summed E-state index contributed by atoms with van der Waals surface area (Å²) in [6.07, 6.45) is 15.1. The number of nitrogen functional groups attached to an aromatic ring is 1. The van der Waals surface area contributed by atoms with Gasteiger partial charge in [0, 0.05) is 52.9 Å². The van der Waals surface area contributed by atoms with Crippen molar-refractivity contribution >= 4 is 89.7 Å². The number of carboxylic acids is 1. The molecule has 3 atom stereocenters. The second-order valence-corrected chi connectivity index (χ2v) is 33.0. The second-order valence-electron chi connectivity index (χ2n) is 33.0. The third-order valence-corrected chi connectivity index (χ3v) is 20.0. The number of nitrogens with one attached hydrogen (secondary N) is 2. The molecule has 3 aliphatic rings. The van der Waals surface area contributed by atoms with Crippen molar-refractivity contribution in [3.8, 4) is 17.2 Å². The van der Waals surface area contributed by atoms with Crippen LogP contribution in [0.2, 0.25) is 0 Å². The number of benzene rings is 7. The van der Waals surface area contributed by atoms with E-state index in [2.05, 4.69) is 90.4 Å². The summed E-state index contributed by atoms with van der Waals surface area (Å²) in [6.45, 7) is 29.9. The number of halogens is 2. The fourth-order valence-electron chi connectivity index (χ4n) is 14.5. The number of aromatic hydroxyl groups is 1. The minimum Gasteiger partial charge on any atom is -0.508 e. The minimum absolute atomic E-state index is 0. The maximum Gasteiger partial charge on any atom is 0.417 e. The zero-order valence-electron chi connectivity index (χ0n) is 70.2. The van der Waals surface area contributed by atoms with E-state index in [0.29, 0.717) is 45.6 Å². The summed E-state index contributed by atoms with van der Waals surface area (Å²) in [6, 6.07) is 51.4. The fourth-order valence-corrected chi connectivity index (χ4v) is 14.5. The molecule has 0 spiro atoms. The van der Waals surface area contributed by atoms with Crippen LogP contribution >= 0.6 is 24.8 Å². The van der Waals surface area contributed by atoms with Gasteiger partial charge in [0.15, 0.2) is 0 Å². The van der Waals surface area contributed by atoms with Crippen molar-refractivity contribution in [3.05, 3.63) is 209 Å². The van der Waals surface area contributed by atoms with Gasteiger partial charge in [-0.3, -0.25) is 29.8 Å². The number of carboxylic acid groups (broad SMARTS) is 1. The molecule has 0 aromatic heterocycles. The summed E-state index contributed by atoms with van der Waals surface area (Å²) < 4.78 is 26.9. The van der Waals surface area contributed by atoms with Crippen molar-refractivity contribution in [2.75, 3.05) is 76.8 Å². The number of hydrogen-bond acceptors (Lipinski definition) is 18. The number of amides is 2. The first kappa shape index (κ1) is 97.8. The molecule has 0 bridgehead atoms. The van der Waals surface area contributed by atoms with Gasteiger partial charge in [-0.1, -0.05) is 125 Å². The number of phenolic OH excluding ortho intramolecular Hbond substituents is 1. The van der Waals surface area contributed by atoms with Crippen LogP contribution in [0.5, 0.6) is 17.2 Å². The maximum absolute atomic E-state index is 12.5. The van der Waals surface area contributed by atoms with Gasteiger partial charge < -0.3 is 54.3 Å². The standard InChI is InChI=1S/C28H38N2O4.C24H30N2O4.C15H23NO.C13H15NO3.C12H17NO2.2ClH/c1-6-28(16-7-8-17-30(5)20-28)22-10-9-11-24(19-22)33-26(32)29-23-14-12-21(13-15-23)18-25(31)34-27(2,3)4;1-3-24(13-4-5-14-26(2)17-24)19-7-6-8-21(16-19)30-23(29)25-20-11-9-18(10-12-20)15-22(27)28;1-3-15(9-4-5-10-16(2)12-15)13-7-6-8-14(17)11-13;1-13(2,3)17-12(16)8-10-4-6-11(7-5-10)14-9-15;1-12(2,3)15-11(14)8-9-4-6-10(13)7-5-9;;/h9-15,19H,6-8,16-18,20H2,1-5H3,(H,29,32);6-12,16H,3-5,13-15,17H2,1-2H3,(H,25,29)(H,27,28);6-8,11,17H,3-5,9-10,12H2,1-2H3;4-7H,8H2,1-3H3;4-7H,8,13H2,1-3H3;2*1H. The Morgan fingerprint density at radius 3 is 1.08 bits per heavy atom. The summed E-state index contributed by atoms with van der Waals surface area (Å²) in [4.78, 5) is 91.4. The quantitative estimate of drug-likeness (QED) is 0.0165. The van der Waals surface area contributed by atoms with Gasteiger partial charge in [0.05, 0.1) is 31.4 Å². The summed E-state index contributed by atoms with van der Waals surface area (Å²) >= 11 is 0. The van der Waals surface area contributed by atoms with Crippen LogP contribution in [0, 0.1) is 0 Å². The molecule has 0 saturated carbocycles. The Bertz CT molecular complexity index is 4230. The highest BCUT2D eigenvalue weighted by molar-refractivity contribution is 5.87. The van der Waals surface area contributed by atoms with Crippen molar-refractivity contribution in [1.82, 2.24) is 14.7 Å². The van der Waals surface area contributed by atoms with E-state index in [4.69, 9.17) is 34.5 Å². The lowest BCUT2D eigenvalue weighted by Gasteiger charge is -2.35. The number of nitrogens with two attached hydrogens (primary N) is 1. The fraction of sp³-hybridized carbons (Fsp3) is 0.467. The Kier molecular flexibility index (Phi) is 39.8. The number of anilines is 3. The average Bonchev–Trinajstić information content (AvgIpc) is 1.80. The molecule has 0 aliphatic carbocycles. The SMILES string of the molecule is CC(C)(C)OC(=O)Cc1ccc(N)cc1.CC(C)(C)OC(=O)Cc1ccc(N=C=O)cc1.CCC1(c2cccc(O)c2)CCCCN(C)C1.CCC1(c2cccc(OC(=O)Nc3ccc(CC(=O)O)cc3)c2)CCCCN(C)C1.CCC1(c2cccc(OC(=O)Nc3ccc(CC(=O)OC(C)(C)C)cc3)c2)CCCCN(C)C1.Cl.Cl. The lowest BCUT2D eigenvalue weighted by atomic mass is 9.74. The summed E-state index contributed by atoms with van der Waals surface area (Å²) in [5.41, 5.74) is 13.8. The van der Waals surface area contributed by atoms with E-state index < -0.39 is 35.0 Å². The monoisotopic (exact) mass is 1620 g/mol. The summed E-state index contributed by atoms with van der Waals surface area (Å²) in [5, 5.41) is 24.0. The molecular formula is C92H125Cl2N7O14. The number of aliphatic carboxylic acids is 1. The smallest absolute Gasteiger partial charge is 0.417 e. The molecule has 7 aromatic rings. The lowest BCUT2D eigenvalue weighted by Crippen LogP contribution is -2.37. The second kappa shape index (κ2) is 46.8. The van der Waals surface area contributed by atoms with Gasteiger partial charge in [-0.2, -0.15) is 4.99 Å². The van der Waals surface area contributed by atoms with Crippen LogP contribution in [0.25, 0.3) is 0 Å². The van der Waals surface area contributed by atoms with Crippen molar-refractivity contribution in [2.24, 2.45) is 4.99 Å². The van der Waals surface area contributed by atoms with E-state index in [1.807, 2.05) is 117 Å². The number of hydrogen-bond donors (Lipinski definition) is 5. The Labute approximate surface area is 694 Å². The first-order chi connectivity index (χ1) is 53.4. The number of nitrogens with zero attached hydrogens (tertiary/aromatic N) is 4. The number of aliphatic imine (C=N–C) groups is 1. The van der Waals surface area contributed by atoms with Gasteiger partial charge in [0.1, 0.15) is 34.1 Å². The first-order valence-corrected chi connectivity index (χ1v) is 39.5. The van der Waals surface area contributed by atoms with Gasteiger partial charge in [-0.15, -0.1) is 24.8 Å². The molecule has 2 amide bonds. The molecule has 7 aromatic carbocycles. The number of carbonyl (C=O) groups excluding carboxylic acids is 6. The third-order valence-electron chi connectivity index (χ3n) is 20.0. The van der Waals surface area contributed by atoms with Crippen molar-refractivity contribution in [3.63, 3.8) is 0 Å². The van der Waals surface area contributed by atoms with Gasteiger partial charge in [0.2, 0.25) is 6.08 Å². The van der Waals surface area contributed by atoms with Gasteiger partial charge in [-0.05, 0) is 285 Å². The predicted octanol–water partition coefficient (Wildman–Crippen LogP) is 19.3. The Balaban J connectivity index is 0.000000313. The molecule has 10 rings (SSSR count). The van der Waals surface area contributed by atoms with Crippen LogP contribution < -0.4 is 25.8 Å². The topological polar surface area (TPSA) is 278 Å². The largest absolute Gasteiger partial charge is 0.508 e. The van der Waals surface area contributed by atoms with E-state index in [0.717, 1.165) is 81.5 Å². The van der Waals surface area contributed by atoms with Crippen LogP contribution in [0.15, 0.2) is 175 Å². The number of likely N-dealkylation sites (N-methyl/N-ethyl adjacent to an activating group) is 3. The van der Waals surface area contributed by atoms with Gasteiger partial charge in [-0.25, -0.2) is 14.4 Å². The summed E-state index contributed by atoms with van der Waals surface area (Å²) in [5.74, 6) is -0.209. The zero-order chi connectivity index (χ0) is 83.0. The third kappa shape index (κ3) is 35.2. The number of ether oxygens (including phenoxy) is 5. The molecular weight excluding hydrogens is 1500 g/mol. The molecule has 626 valence electrons. The Hall–Kier alpha value is -9.60. The maximum atomic E-state index is 12.5. The molecule has 3 unspecified atom stereocenters. The van der Waals surface area contributed by atoms with Crippen LogP contribution in [0.4, 0.5) is 32.3 Å². The lowest BCUT2D eigenvalue weighted by molar-refractivity contribution is -0.155. The summed E-state index contributed by atoms with van der Waals surface area (Å²) in [7, 11) is 6.56. The molecule has 21 nitrogen and oxygen atoms in total. The minimum atomic E-state index is -0.889. The number of phenols is 1. The molecule has 3 aliphatic heterocycles. The zero-order valence-corrected chi connectivity index (χ0v) is 71.8. The first-order valence-electron chi connectivity index (χ1n) is 39.5. The van der Waals surface area contributed by atoms with Crippen LogP contribution in [-0.4, -0.2) is 144 Å². The molecule has 23 heteroatoms. The highest BCUT2D eigenvalue weighted by atomic mass is 35.5. The normalized spacial score (nSPS) is 17.8. The van der Waals surface area contributed by atoms with Crippen molar-refractivity contribution in [2.45, 2.75) is 219 Å². The van der Waals surface area contributed by atoms with Crippen LogP contribution in [0.1, 0.15) is 199 Å². The molecule has 3 saturated heterocycles. The van der Waals surface area contributed by atoms with E-state index in [-0.39, 0.29) is 84.7 Å². The molecule has 3 heterocycles. The highest BCUT2D eigenvalue weighted by Gasteiger charge is 2.36. The molecule has 0 radical (unpaired) electrons. The molecule has 3 fully saturated rings. The number of isocyanates is 1. The van der Waals surface area contributed by atoms with Crippen LogP contribution in [-0.2, 0) is 80.1 Å². The highest BCUT2D eigenvalue weighted by Crippen LogP contribution is 2.41. The van der Waals surface area contributed by atoms with Crippen LogP contribution in [0.3, 0.4) is 0 Å². The van der Waals surface area contributed by atoms with E-state index >= 15 is 0 Å². The predicted molar refractivity (Wildman–Crippen MR) is 463 cm³/mol. The molecule has 6 N–H and O–H groups in total. The van der Waals surface area contributed by atoms with Gasteiger partial charge >= 0.3 is 36.1 Å². The van der Waals surface area contributed by atoms with E-state index in [1.54, 1.807) is 97.1 Å². The van der Waals surface area contributed by atoms with Gasteiger partial charge in [0.25, 0.3) is 0 Å². The Morgan fingerprint density at radius 1 is 0.452 bits per heavy atom.